The van der Waals surface area contributed by atoms with Crippen LogP contribution in [-0.4, -0.2) is 40.5 Å². The average molecular weight is 314 g/mol. The summed E-state index contributed by atoms with van der Waals surface area (Å²) < 4.78 is 12.9. The van der Waals surface area contributed by atoms with E-state index >= 15 is 0 Å². The molecule has 1 fully saturated rings. The van der Waals surface area contributed by atoms with Gasteiger partial charge in [-0.15, -0.1) is 0 Å². The normalized spacial score (nSPS) is 19.2. The Balaban J connectivity index is 1.45. The van der Waals surface area contributed by atoms with Gasteiger partial charge in [-0.2, -0.15) is 0 Å². The van der Waals surface area contributed by atoms with E-state index in [1.807, 2.05) is 0 Å². The van der Waals surface area contributed by atoms with Crippen LogP contribution in [0.15, 0.2) is 42.9 Å². The molecule has 1 aromatic carbocycles. The van der Waals surface area contributed by atoms with Crippen LogP contribution in [0.25, 0.3) is 0 Å². The van der Waals surface area contributed by atoms with Gasteiger partial charge in [0.15, 0.2) is 0 Å². The molecule has 6 heteroatoms. The Morgan fingerprint density at radius 2 is 2.13 bits per heavy atom. The van der Waals surface area contributed by atoms with Crippen molar-refractivity contribution in [2.45, 2.75) is 24.8 Å². The van der Waals surface area contributed by atoms with Crippen molar-refractivity contribution in [3.8, 4) is 0 Å². The van der Waals surface area contributed by atoms with Crippen molar-refractivity contribution in [1.29, 1.82) is 0 Å². The van der Waals surface area contributed by atoms with Gasteiger partial charge in [-0.25, -0.2) is 9.18 Å². The van der Waals surface area contributed by atoms with Gasteiger partial charge in [0.2, 0.25) is 0 Å². The van der Waals surface area contributed by atoms with Crippen molar-refractivity contribution < 1.29 is 9.18 Å². The molecule has 120 valence electrons. The molecule has 0 saturated heterocycles. The van der Waals surface area contributed by atoms with Crippen molar-refractivity contribution in [3.63, 3.8) is 0 Å². The van der Waals surface area contributed by atoms with Crippen molar-refractivity contribution in [3.05, 3.63) is 59.9 Å². The van der Waals surface area contributed by atoms with E-state index in [1.165, 1.54) is 12.1 Å². The minimum Gasteiger partial charge on any atom is -0.335 e. The Bertz CT molecular complexity index is 662. The maximum absolute atomic E-state index is 12.9. The van der Waals surface area contributed by atoms with Crippen LogP contribution in [0.1, 0.15) is 23.6 Å². The first kappa shape index (κ1) is 15.4. The van der Waals surface area contributed by atoms with Gasteiger partial charge in [0.05, 0.1) is 5.69 Å². The zero-order chi connectivity index (χ0) is 16.2. The number of benzene rings is 1. The van der Waals surface area contributed by atoms with E-state index in [1.54, 1.807) is 42.7 Å². The molecular weight excluding hydrogens is 295 g/mol. The highest BCUT2D eigenvalue weighted by Crippen LogP contribution is 2.40. The van der Waals surface area contributed by atoms with Gasteiger partial charge in [-0.05, 0) is 24.1 Å². The van der Waals surface area contributed by atoms with Gasteiger partial charge in [0, 0.05) is 50.6 Å². The Morgan fingerprint density at radius 1 is 1.35 bits per heavy atom. The van der Waals surface area contributed by atoms with Gasteiger partial charge in [-0.1, -0.05) is 12.1 Å². The van der Waals surface area contributed by atoms with Gasteiger partial charge < -0.3 is 10.2 Å². The lowest BCUT2D eigenvalue weighted by atomic mass is 10.1. The second-order valence-electron chi connectivity index (χ2n) is 5.82. The summed E-state index contributed by atoms with van der Waals surface area (Å²) >= 11 is 0. The summed E-state index contributed by atoms with van der Waals surface area (Å²) in [6, 6.07) is 6.52. The largest absolute Gasteiger partial charge is 0.335 e. The fourth-order valence-corrected chi connectivity index (χ4v) is 2.54. The first-order chi connectivity index (χ1) is 11.1. The molecule has 5 nitrogen and oxygen atoms in total. The fourth-order valence-electron chi connectivity index (χ4n) is 2.54. The van der Waals surface area contributed by atoms with Crippen molar-refractivity contribution in [1.82, 2.24) is 20.2 Å². The molecule has 1 aliphatic rings. The molecule has 1 saturated carbocycles. The average Bonchev–Trinajstić information content (AvgIpc) is 3.33. The third-order valence-electron chi connectivity index (χ3n) is 4.06. The minimum absolute atomic E-state index is 0.0940. The predicted octanol–water partition coefficient (Wildman–Crippen LogP) is 2.36. The molecule has 23 heavy (non-hydrogen) atoms. The van der Waals surface area contributed by atoms with E-state index in [9.17, 15) is 9.18 Å². The smallest absolute Gasteiger partial charge is 0.317 e. The van der Waals surface area contributed by atoms with Gasteiger partial charge >= 0.3 is 6.03 Å². The van der Waals surface area contributed by atoms with Crippen LogP contribution in [0.5, 0.6) is 0 Å². The number of carbonyl (C=O) groups excluding carboxylic acids is 1. The molecule has 0 aliphatic heterocycles. The first-order valence-electron chi connectivity index (χ1n) is 7.65. The summed E-state index contributed by atoms with van der Waals surface area (Å²) in [6.07, 6.45) is 6.55. The van der Waals surface area contributed by atoms with Crippen LogP contribution >= 0.6 is 0 Å². The highest BCUT2D eigenvalue weighted by Gasteiger charge is 2.39. The van der Waals surface area contributed by atoms with E-state index < -0.39 is 0 Å². The van der Waals surface area contributed by atoms with Crippen LogP contribution < -0.4 is 5.32 Å². The number of halogens is 1. The molecular formula is C17H19FN4O. The fraction of sp³-hybridized carbons (Fsp3) is 0.353. The standard InChI is InChI=1S/C17H19FN4O/c1-22(9-6-14-11-19-7-8-20-14)17(23)21-16-10-15(16)12-2-4-13(18)5-3-12/h2-5,7-8,11,15-16H,6,9-10H2,1H3,(H,21,23)/t15-,16+/m0/s1. The maximum Gasteiger partial charge on any atom is 0.317 e. The van der Waals surface area contributed by atoms with Gasteiger partial charge in [0.25, 0.3) is 0 Å². The number of carbonyl (C=O) groups is 1. The maximum atomic E-state index is 12.9. The van der Waals surface area contributed by atoms with Crippen LogP contribution in [0.2, 0.25) is 0 Å². The number of likely N-dealkylation sites (N-methyl/N-ethyl adjacent to an activating group) is 1. The Morgan fingerprint density at radius 3 is 2.83 bits per heavy atom. The quantitative estimate of drug-likeness (QED) is 0.921. The number of aromatic nitrogens is 2. The summed E-state index contributed by atoms with van der Waals surface area (Å²) in [4.78, 5) is 22.0. The van der Waals surface area contributed by atoms with Crippen molar-refractivity contribution in [2.24, 2.45) is 0 Å². The molecule has 0 bridgehead atoms. The number of nitrogens with one attached hydrogen (secondary N) is 1. The van der Waals surface area contributed by atoms with Gasteiger partial charge in [-0.3, -0.25) is 9.97 Å². The molecule has 1 N–H and O–H groups in total. The second kappa shape index (κ2) is 6.73. The van der Waals surface area contributed by atoms with E-state index in [-0.39, 0.29) is 23.8 Å². The first-order valence-corrected chi connectivity index (χ1v) is 7.65. The van der Waals surface area contributed by atoms with Crippen molar-refractivity contribution in [2.75, 3.05) is 13.6 Å². The van der Waals surface area contributed by atoms with Gasteiger partial charge in [0.1, 0.15) is 5.82 Å². The van der Waals surface area contributed by atoms with E-state index in [0.29, 0.717) is 13.0 Å². The molecule has 0 radical (unpaired) electrons. The summed E-state index contributed by atoms with van der Waals surface area (Å²) in [7, 11) is 1.76. The molecule has 0 spiro atoms. The lowest BCUT2D eigenvalue weighted by molar-refractivity contribution is 0.208. The molecule has 3 rings (SSSR count). The van der Waals surface area contributed by atoms with Crippen LogP contribution in [-0.2, 0) is 6.42 Å². The Labute approximate surface area is 134 Å². The summed E-state index contributed by atoms with van der Waals surface area (Å²) in [5.41, 5.74) is 1.93. The highest BCUT2D eigenvalue weighted by molar-refractivity contribution is 5.74. The molecule has 2 atom stereocenters. The molecule has 0 unspecified atom stereocenters. The lowest BCUT2D eigenvalue weighted by Crippen LogP contribution is -2.39. The molecule has 1 aliphatic carbocycles. The number of amides is 2. The van der Waals surface area contributed by atoms with Crippen LogP contribution in [0.4, 0.5) is 9.18 Å². The van der Waals surface area contributed by atoms with E-state index in [0.717, 1.165) is 17.7 Å². The van der Waals surface area contributed by atoms with E-state index in [2.05, 4.69) is 15.3 Å². The SMILES string of the molecule is CN(CCc1cnccn1)C(=O)N[C@@H]1C[C@H]1c1ccc(F)cc1. The lowest BCUT2D eigenvalue weighted by Gasteiger charge is -2.17. The van der Waals surface area contributed by atoms with Crippen LogP contribution in [0, 0.1) is 5.82 Å². The Kier molecular flexibility index (Phi) is 4.50. The number of hydrogen-bond acceptors (Lipinski definition) is 3. The third-order valence-corrected chi connectivity index (χ3v) is 4.06. The molecule has 1 aromatic heterocycles. The zero-order valence-electron chi connectivity index (χ0n) is 12.9. The van der Waals surface area contributed by atoms with E-state index in [4.69, 9.17) is 0 Å². The number of urea groups is 1. The summed E-state index contributed by atoms with van der Waals surface area (Å²) in [6.45, 7) is 0.582. The minimum atomic E-state index is -0.237. The van der Waals surface area contributed by atoms with Crippen LogP contribution in [0.3, 0.4) is 0 Å². The zero-order valence-corrected chi connectivity index (χ0v) is 12.9. The number of rotatable bonds is 5. The molecule has 1 heterocycles. The topological polar surface area (TPSA) is 58.1 Å². The van der Waals surface area contributed by atoms with Crippen molar-refractivity contribution >= 4 is 6.03 Å². The summed E-state index contributed by atoms with van der Waals surface area (Å²) in [5.74, 6) is 0.0478. The summed E-state index contributed by atoms with van der Waals surface area (Å²) in [5, 5.41) is 3.01. The number of hydrogen-bond donors (Lipinski definition) is 1. The third kappa shape index (κ3) is 4.03. The highest BCUT2D eigenvalue weighted by atomic mass is 19.1. The molecule has 2 amide bonds. The predicted molar refractivity (Wildman–Crippen MR) is 84.4 cm³/mol. The molecule has 2 aromatic rings. The second-order valence-corrected chi connectivity index (χ2v) is 5.82. The number of nitrogens with zero attached hydrogens (tertiary/aromatic N) is 3. The Hall–Kier alpha value is -2.50. The monoisotopic (exact) mass is 314 g/mol.